The van der Waals surface area contributed by atoms with Crippen LogP contribution < -0.4 is 4.72 Å². The zero-order valence-corrected chi connectivity index (χ0v) is 12.6. The van der Waals surface area contributed by atoms with Gasteiger partial charge in [-0.3, -0.25) is 4.72 Å². The van der Waals surface area contributed by atoms with Crippen molar-refractivity contribution in [2.75, 3.05) is 4.72 Å². The van der Waals surface area contributed by atoms with Gasteiger partial charge in [-0.05, 0) is 36.4 Å². The first-order valence-electron chi connectivity index (χ1n) is 5.77. The molecule has 0 saturated heterocycles. The van der Waals surface area contributed by atoms with E-state index in [4.69, 9.17) is 0 Å². The standard InChI is InChI=1S/C13H10BrN3O2S/c14-10-4-6-11(7-5-10)20(18,19)16-12-9-17-8-2-1-3-13(17)15-12/h1-9,16H. The van der Waals surface area contributed by atoms with Gasteiger partial charge in [0.2, 0.25) is 0 Å². The number of imidazole rings is 1. The molecular formula is C13H10BrN3O2S. The molecule has 0 aliphatic rings. The Balaban J connectivity index is 1.94. The summed E-state index contributed by atoms with van der Waals surface area (Å²) in [6.45, 7) is 0. The number of hydrogen-bond acceptors (Lipinski definition) is 3. The molecule has 0 aliphatic carbocycles. The average Bonchev–Trinajstić information content (AvgIpc) is 2.80. The SMILES string of the molecule is O=S(=O)(Nc1cn2ccccc2n1)c1ccc(Br)cc1. The summed E-state index contributed by atoms with van der Waals surface area (Å²) in [5.74, 6) is 0.291. The summed E-state index contributed by atoms with van der Waals surface area (Å²) < 4.78 is 29.5. The number of fused-ring (bicyclic) bond motifs is 1. The van der Waals surface area contributed by atoms with E-state index in [1.165, 1.54) is 12.1 Å². The lowest BCUT2D eigenvalue weighted by Gasteiger charge is -2.04. The Labute approximate surface area is 124 Å². The van der Waals surface area contributed by atoms with Crippen LogP contribution in [0, 0.1) is 0 Å². The van der Waals surface area contributed by atoms with Crippen molar-refractivity contribution in [3.63, 3.8) is 0 Å². The fourth-order valence-electron chi connectivity index (χ4n) is 1.79. The number of nitrogens with one attached hydrogen (secondary N) is 1. The van der Waals surface area contributed by atoms with E-state index < -0.39 is 10.0 Å². The van der Waals surface area contributed by atoms with Crippen molar-refractivity contribution in [2.24, 2.45) is 0 Å². The number of hydrogen-bond donors (Lipinski definition) is 1. The van der Waals surface area contributed by atoms with E-state index in [0.717, 1.165) is 4.47 Å². The maximum atomic E-state index is 12.2. The zero-order chi connectivity index (χ0) is 14.2. The number of halogens is 1. The van der Waals surface area contributed by atoms with Crippen LogP contribution in [0.25, 0.3) is 5.65 Å². The Morgan fingerprint density at radius 3 is 2.55 bits per heavy atom. The highest BCUT2D eigenvalue weighted by atomic mass is 79.9. The molecule has 2 heterocycles. The maximum Gasteiger partial charge on any atom is 0.263 e. The molecule has 2 aromatic heterocycles. The molecule has 7 heteroatoms. The molecule has 3 aromatic rings. The first-order chi connectivity index (χ1) is 9.54. The van der Waals surface area contributed by atoms with Crippen molar-refractivity contribution in [1.29, 1.82) is 0 Å². The van der Waals surface area contributed by atoms with Gasteiger partial charge in [0.1, 0.15) is 5.65 Å². The predicted octanol–water partition coefficient (Wildman–Crippen LogP) is 2.90. The molecular weight excluding hydrogens is 342 g/mol. The average molecular weight is 352 g/mol. The largest absolute Gasteiger partial charge is 0.305 e. The van der Waals surface area contributed by atoms with Crippen LogP contribution in [-0.2, 0) is 10.0 Å². The lowest BCUT2D eigenvalue weighted by molar-refractivity contribution is 0.601. The summed E-state index contributed by atoms with van der Waals surface area (Å²) >= 11 is 3.27. The molecule has 0 amide bonds. The minimum atomic E-state index is -3.62. The van der Waals surface area contributed by atoms with Gasteiger partial charge in [0.15, 0.2) is 5.82 Å². The van der Waals surface area contributed by atoms with Crippen LogP contribution in [0.2, 0.25) is 0 Å². The van der Waals surface area contributed by atoms with Crippen LogP contribution in [0.4, 0.5) is 5.82 Å². The minimum Gasteiger partial charge on any atom is -0.305 e. The molecule has 0 atom stereocenters. The van der Waals surface area contributed by atoms with E-state index >= 15 is 0 Å². The highest BCUT2D eigenvalue weighted by Crippen LogP contribution is 2.18. The van der Waals surface area contributed by atoms with Crippen molar-refractivity contribution in [2.45, 2.75) is 4.90 Å². The van der Waals surface area contributed by atoms with E-state index in [-0.39, 0.29) is 4.90 Å². The molecule has 0 spiro atoms. The van der Waals surface area contributed by atoms with Gasteiger partial charge in [0, 0.05) is 10.7 Å². The first-order valence-corrected chi connectivity index (χ1v) is 8.04. The third-order valence-electron chi connectivity index (χ3n) is 2.73. The lowest BCUT2D eigenvalue weighted by Crippen LogP contribution is -2.12. The van der Waals surface area contributed by atoms with Gasteiger partial charge in [-0.15, -0.1) is 0 Å². The molecule has 0 radical (unpaired) electrons. The van der Waals surface area contributed by atoms with E-state index in [1.807, 2.05) is 12.1 Å². The van der Waals surface area contributed by atoms with Gasteiger partial charge in [0.25, 0.3) is 10.0 Å². The van der Waals surface area contributed by atoms with Gasteiger partial charge in [0.05, 0.1) is 11.1 Å². The Morgan fingerprint density at radius 2 is 1.85 bits per heavy atom. The summed E-state index contributed by atoms with van der Waals surface area (Å²) in [7, 11) is -3.62. The number of rotatable bonds is 3. The van der Waals surface area contributed by atoms with Gasteiger partial charge < -0.3 is 4.40 Å². The van der Waals surface area contributed by atoms with Crippen molar-refractivity contribution in [3.8, 4) is 0 Å². The number of sulfonamides is 1. The van der Waals surface area contributed by atoms with Crippen molar-refractivity contribution < 1.29 is 8.42 Å². The summed E-state index contributed by atoms with van der Waals surface area (Å²) in [6, 6.07) is 11.9. The summed E-state index contributed by atoms with van der Waals surface area (Å²) in [4.78, 5) is 4.40. The molecule has 0 fully saturated rings. The zero-order valence-electron chi connectivity index (χ0n) is 10.2. The molecule has 1 aromatic carbocycles. The van der Waals surface area contributed by atoms with Gasteiger partial charge >= 0.3 is 0 Å². The number of benzene rings is 1. The smallest absolute Gasteiger partial charge is 0.263 e. The highest BCUT2D eigenvalue weighted by Gasteiger charge is 2.15. The Kier molecular flexibility index (Phi) is 3.23. The van der Waals surface area contributed by atoms with Crippen LogP contribution in [-0.4, -0.2) is 17.8 Å². The second-order valence-electron chi connectivity index (χ2n) is 4.15. The predicted molar refractivity (Wildman–Crippen MR) is 80.1 cm³/mol. The van der Waals surface area contributed by atoms with E-state index in [0.29, 0.717) is 11.5 Å². The second-order valence-corrected chi connectivity index (χ2v) is 6.75. The van der Waals surface area contributed by atoms with Crippen LogP contribution in [0.3, 0.4) is 0 Å². The molecule has 0 bridgehead atoms. The number of aromatic nitrogens is 2. The Morgan fingerprint density at radius 1 is 1.10 bits per heavy atom. The Bertz CT molecular complexity index is 824. The summed E-state index contributed by atoms with van der Waals surface area (Å²) in [5.41, 5.74) is 0.681. The summed E-state index contributed by atoms with van der Waals surface area (Å²) in [6.07, 6.45) is 3.44. The fourth-order valence-corrected chi connectivity index (χ4v) is 3.04. The maximum absolute atomic E-state index is 12.2. The lowest BCUT2D eigenvalue weighted by atomic mass is 10.4. The fraction of sp³-hybridized carbons (Fsp3) is 0. The topological polar surface area (TPSA) is 63.5 Å². The molecule has 5 nitrogen and oxygen atoms in total. The monoisotopic (exact) mass is 351 g/mol. The molecule has 3 rings (SSSR count). The van der Waals surface area contributed by atoms with E-state index in [9.17, 15) is 8.42 Å². The Hall–Kier alpha value is -1.86. The van der Waals surface area contributed by atoms with E-state index in [2.05, 4.69) is 25.6 Å². The van der Waals surface area contributed by atoms with Crippen LogP contribution in [0.1, 0.15) is 0 Å². The van der Waals surface area contributed by atoms with Crippen molar-refractivity contribution >= 4 is 37.4 Å². The van der Waals surface area contributed by atoms with Crippen molar-refractivity contribution in [3.05, 3.63) is 59.3 Å². The molecule has 0 saturated carbocycles. The van der Waals surface area contributed by atoms with Crippen LogP contribution in [0.15, 0.2) is 64.2 Å². The normalized spacial score (nSPS) is 11.7. The van der Waals surface area contributed by atoms with Gasteiger partial charge in [-0.25, -0.2) is 13.4 Å². The molecule has 102 valence electrons. The molecule has 0 aliphatic heterocycles. The van der Waals surface area contributed by atoms with Crippen LogP contribution in [0.5, 0.6) is 0 Å². The third-order valence-corrected chi connectivity index (χ3v) is 4.63. The van der Waals surface area contributed by atoms with Gasteiger partial charge in [-0.1, -0.05) is 22.0 Å². The van der Waals surface area contributed by atoms with Crippen LogP contribution >= 0.6 is 15.9 Å². The molecule has 1 N–H and O–H groups in total. The number of anilines is 1. The van der Waals surface area contributed by atoms with E-state index in [1.54, 1.807) is 35.0 Å². The minimum absolute atomic E-state index is 0.192. The molecule has 0 unspecified atom stereocenters. The third kappa shape index (κ3) is 2.54. The molecule has 20 heavy (non-hydrogen) atoms. The quantitative estimate of drug-likeness (QED) is 0.788. The first kappa shape index (κ1) is 13.1. The van der Waals surface area contributed by atoms with Gasteiger partial charge in [-0.2, -0.15) is 0 Å². The second kappa shape index (κ2) is 4.92. The summed E-state index contributed by atoms with van der Waals surface area (Å²) in [5, 5.41) is 0. The number of nitrogens with zero attached hydrogens (tertiary/aromatic N) is 2. The van der Waals surface area contributed by atoms with Crippen molar-refractivity contribution in [1.82, 2.24) is 9.38 Å². The highest BCUT2D eigenvalue weighted by molar-refractivity contribution is 9.10. The number of pyridine rings is 1.